The second-order valence-electron chi connectivity index (χ2n) is 7.23. The fourth-order valence-electron chi connectivity index (χ4n) is 3.21. The molecule has 0 spiro atoms. The Morgan fingerprint density at radius 1 is 1.12 bits per heavy atom. The predicted octanol–water partition coefficient (Wildman–Crippen LogP) is 3.44. The average Bonchev–Trinajstić information content (AvgIpc) is 3.12. The molecule has 0 bridgehead atoms. The molecular formula is C18H21N5O. The fourth-order valence-corrected chi connectivity index (χ4v) is 3.21. The highest BCUT2D eigenvalue weighted by atomic mass is 16.5. The van der Waals surface area contributed by atoms with Gasteiger partial charge in [0.2, 0.25) is 0 Å². The van der Waals surface area contributed by atoms with Crippen LogP contribution >= 0.6 is 0 Å². The van der Waals surface area contributed by atoms with Crippen molar-refractivity contribution in [2.75, 3.05) is 5.73 Å². The molecule has 3 aromatic rings. The lowest BCUT2D eigenvalue weighted by Gasteiger charge is -2.19. The van der Waals surface area contributed by atoms with Crippen LogP contribution in [0.4, 0.5) is 5.82 Å². The van der Waals surface area contributed by atoms with Gasteiger partial charge in [0.1, 0.15) is 23.3 Å². The number of aryl methyl sites for hydroxylation is 2. The van der Waals surface area contributed by atoms with Crippen LogP contribution in [0, 0.1) is 0 Å². The number of nitrogens with zero attached hydrogens (tertiary/aromatic N) is 4. The second kappa shape index (κ2) is 5.19. The molecule has 1 aliphatic rings. The third-order valence-corrected chi connectivity index (χ3v) is 4.38. The van der Waals surface area contributed by atoms with Gasteiger partial charge in [0.15, 0.2) is 5.65 Å². The quantitative estimate of drug-likeness (QED) is 0.781. The van der Waals surface area contributed by atoms with Gasteiger partial charge in [-0.25, -0.2) is 14.6 Å². The largest absolute Gasteiger partial charge is 0.437 e. The van der Waals surface area contributed by atoms with E-state index in [2.05, 4.69) is 48.0 Å². The molecule has 0 fully saturated rings. The summed E-state index contributed by atoms with van der Waals surface area (Å²) in [5, 5.41) is 5.28. The Hall–Kier alpha value is -2.63. The van der Waals surface area contributed by atoms with Gasteiger partial charge in [-0.15, -0.1) is 5.10 Å². The standard InChI is InChI=1S/C18H21N5O/c1-18(2,3)23-16-14(15(19)20-10-21-16)17(22-23)24-13-8-7-11-5-4-6-12(11)9-13/h7-10H,4-6H2,1-3H3,(H2,19,20,21). The van der Waals surface area contributed by atoms with Crippen LogP contribution in [0.3, 0.4) is 0 Å². The monoisotopic (exact) mass is 323 g/mol. The van der Waals surface area contributed by atoms with Crippen molar-refractivity contribution in [2.45, 2.75) is 45.6 Å². The van der Waals surface area contributed by atoms with E-state index >= 15 is 0 Å². The average molecular weight is 323 g/mol. The smallest absolute Gasteiger partial charge is 0.251 e. The molecule has 4 rings (SSSR count). The minimum atomic E-state index is -0.238. The number of benzene rings is 1. The van der Waals surface area contributed by atoms with Crippen LogP contribution in [0.1, 0.15) is 38.3 Å². The first kappa shape index (κ1) is 14.9. The summed E-state index contributed by atoms with van der Waals surface area (Å²) in [4.78, 5) is 8.45. The molecule has 0 aliphatic heterocycles. The van der Waals surface area contributed by atoms with Crippen molar-refractivity contribution in [2.24, 2.45) is 0 Å². The third kappa shape index (κ3) is 2.38. The highest BCUT2D eigenvalue weighted by Gasteiger charge is 2.24. The molecule has 6 heteroatoms. The Morgan fingerprint density at radius 3 is 2.71 bits per heavy atom. The molecule has 0 unspecified atom stereocenters. The van der Waals surface area contributed by atoms with Crippen LogP contribution in [-0.4, -0.2) is 19.7 Å². The van der Waals surface area contributed by atoms with E-state index in [9.17, 15) is 0 Å². The minimum absolute atomic E-state index is 0.238. The number of fused-ring (bicyclic) bond motifs is 2. The van der Waals surface area contributed by atoms with E-state index in [0.29, 0.717) is 22.7 Å². The van der Waals surface area contributed by atoms with E-state index in [-0.39, 0.29) is 5.54 Å². The molecule has 0 radical (unpaired) electrons. The number of ether oxygens (including phenoxy) is 1. The first-order chi connectivity index (χ1) is 11.4. The molecule has 6 nitrogen and oxygen atoms in total. The first-order valence-corrected chi connectivity index (χ1v) is 8.23. The predicted molar refractivity (Wildman–Crippen MR) is 93.3 cm³/mol. The summed E-state index contributed by atoms with van der Waals surface area (Å²) in [6, 6.07) is 6.23. The van der Waals surface area contributed by atoms with E-state index in [1.165, 1.54) is 23.9 Å². The molecule has 0 atom stereocenters. The molecule has 0 saturated heterocycles. The number of rotatable bonds is 2. The van der Waals surface area contributed by atoms with Gasteiger partial charge in [-0.05, 0) is 63.3 Å². The lowest BCUT2D eigenvalue weighted by Crippen LogP contribution is -2.23. The lowest BCUT2D eigenvalue weighted by molar-refractivity contribution is 0.349. The Kier molecular flexibility index (Phi) is 3.23. The number of nitrogen functional groups attached to an aromatic ring is 1. The van der Waals surface area contributed by atoms with Gasteiger partial charge in [-0.1, -0.05) is 6.07 Å². The fraction of sp³-hybridized carbons (Fsp3) is 0.389. The molecule has 0 saturated carbocycles. The minimum Gasteiger partial charge on any atom is -0.437 e. The van der Waals surface area contributed by atoms with Crippen LogP contribution < -0.4 is 10.5 Å². The normalized spacial score (nSPS) is 14.1. The maximum Gasteiger partial charge on any atom is 0.251 e. The van der Waals surface area contributed by atoms with Gasteiger partial charge in [0.05, 0.1) is 5.54 Å². The Morgan fingerprint density at radius 2 is 1.92 bits per heavy atom. The number of aromatic nitrogens is 4. The Balaban J connectivity index is 1.82. The summed E-state index contributed by atoms with van der Waals surface area (Å²) in [6.45, 7) is 6.20. The van der Waals surface area contributed by atoms with Crippen LogP contribution in [-0.2, 0) is 18.4 Å². The number of hydrogen-bond donors (Lipinski definition) is 1. The summed E-state index contributed by atoms with van der Waals surface area (Å²) in [5.41, 5.74) is 9.29. The Labute approximate surface area is 140 Å². The number of anilines is 1. The maximum atomic E-state index is 6.08. The van der Waals surface area contributed by atoms with E-state index in [4.69, 9.17) is 10.5 Å². The molecule has 2 N–H and O–H groups in total. The molecule has 2 heterocycles. The number of nitrogens with two attached hydrogens (primary N) is 1. The maximum absolute atomic E-state index is 6.08. The summed E-state index contributed by atoms with van der Waals surface area (Å²) in [6.07, 6.45) is 4.93. The van der Waals surface area contributed by atoms with Gasteiger partial charge < -0.3 is 10.5 Å². The molecule has 24 heavy (non-hydrogen) atoms. The van der Waals surface area contributed by atoms with Gasteiger partial charge in [0.25, 0.3) is 5.88 Å². The number of hydrogen-bond acceptors (Lipinski definition) is 5. The van der Waals surface area contributed by atoms with Gasteiger partial charge in [0, 0.05) is 0 Å². The third-order valence-electron chi connectivity index (χ3n) is 4.38. The summed E-state index contributed by atoms with van der Waals surface area (Å²) in [7, 11) is 0. The zero-order chi connectivity index (χ0) is 16.9. The first-order valence-electron chi connectivity index (χ1n) is 8.23. The molecular weight excluding hydrogens is 302 g/mol. The summed E-state index contributed by atoms with van der Waals surface area (Å²) < 4.78 is 7.92. The second-order valence-corrected chi connectivity index (χ2v) is 7.23. The van der Waals surface area contributed by atoms with Crippen molar-refractivity contribution in [1.82, 2.24) is 19.7 Å². The summed E-state index contributed by atoms with van der Waals surface area (Å²) in [5.74, 6) is 1.61. The molecule has 1 aliphatic carbocycles. The topological polar surface area (TPSA) is 78.9 Å². The molecule has 2 aromatic heterocycles. The Bertz CT molecular complexity index is 923. The van der Waals surface area contributed by atoms with E-state index in [0.717, 1.165) is 18.6 Å². The zero-order valence-corrected chi connectivity index (χ0v) is 14.2. The van der Waals surface area contributed by atoms with Crippen molar-refractivity contribution in [3.63, 3.8) is 0 Å². The van der Waals surface area contributed by atoms with Gasteiger partial charge >= 0.3 is 0 Å². The highest BCUT2D eigenvalue weighted by molar-refractivity contribution is 5.91. The SMILES string of the molecule is CC(C)(C)n1nc(Oc2ccc3c(c2)CCC3)c2c(N)ncnc21. The van der Waals surface area contributed by atoms with Crippen LogP contribution in [0.2, 0.25) is 0 Å². The van der Waals surface area contributed by atoms with E-state index in [1.54, 1.807) is 0 Å². The van der Waals surface area contributed by atoms with E-state index in [1.807, 2.05) is 10.7 Å². The van der Waals surface area contributed by atoms with Crippen molar-refractivity contribution in [1.29, 1.82) is 0 Å². The van der Waals surface area contributed by atoms with Crippen molar-refractivity contribution in [3.05, 3.63) is 35.7 Å². The van der Waals surface area contributed by atoms with E-state index < -0.39 is 0 Å². The lowest BCUT2D eigenvalue weighted by atomic mass is 10.1. The van der Waals surface area contributed by atoms with Crippen molar-refractivity contribution < 1.29 is 4.74 Å². The molecule has 1 aromatic carbocycles. The summed E-state index contributed by atoms with van der Waals surface area (Å²) >= 11 is 0. The molecule has 124 valence electrons. The molecule has 0 amide bonds. The van der Waals surface area contributed by atoms with Gasteiger partial charge in [-0.3, -0.25) is 0 Å². The van der Waals surface area contributed by atoms with Crippen molar-refractivity contribution >= 4 is 16.9 Å². The van der Waals surface area contributed by atoms with Gasteiger partial charge in [-0.2, -0.15) is 0 Å². The van der Waals surface area contributed by atoms with Crippen LogP contribution in [0.5, 0.6) is 11.6 Å². The zero-order valence-electron chi connectivity index (χ0n) is 14.2. The highest BCUT2D eigenvalue weighted by Crippen LogP contribution is 2.35. The van der Waals surface area contributed by atoms with Crippen LogP contribution in [0.25, 0.3) is 11.0 Å². The van der Waals surface area contributed by atoms with Crippen LogP contribution in [0.15, 0.2) is 24.5 Å². The van der Waals surface area contributed by atoms with Crippen molar-refractivity contribution in [3.8, 4) is 11.6 Å².